The van der Waals surface area contributed by atoms with Crippen LogP contribution >= 0.6 is 0 Å². The van der Waals surface area contributed by atoms with Gasteiger partial charge in [0, 0.05) is 12.8 Å². The number of amides is 3. The van der Waals surface area contributed by atoms with E-state index in [-0.39, 0.29) is 24.3 Å². The first-order valence-electron chi connectivity index (χ1n) is 12.2. The Morgan fingerprint density at radius 3 is 1.76 bits per heavy atom. The van der Waals surface area contributed by atoms with E-state index < -0.39 is 54.5 Å². The van der Waals surface area contributed by atoms with Crippen LogP contribution in [0.15, 0.2) is 48.5 Å². The van der Waals surface area contributed by atoms with Crippen LogP contribution < -0.4 is 21.3 Å². The van der Waals surface area contributed by atoms with Crippen LogP contribution in [0.2, 0.25) is 0 Å². The van der Waals surface area contributed by atoms with Crippen LogP contribution in [-0.4, -0.2) is 81.4 Å². The summed E-state index contributed by atoms with van der Waals surface area (Å²) in [6.45, 7) is -0.0473. The van der Waals surface area contributed by atoms with Gasteiger partial charge in [-0.2, -0.15) is 0 Å². The maximum absolute atomic E-state index is 13.2. The van der Waals surface area contributed by atoms with Crippen molar-refractivity contribution >= 4 is 23.7 Å². The molecule has 2 aromatic carbocycles. The number of carboxylic acid groups (broad SMARTS) is 1. The fourth-order valence-corrected chi connectivity index (χ4v) is 4.06. The smallest absolute Gasteiger partial charge is 0.326 e. The fourth-order valence-electron chi connectivity index (χ4n) is 4.06. The second-order valence-corrected chi connectivity index (χ2v) is 9.09. The Labute approximate surface area is 219 Å². The quantitative estimate of drug-likeness (QED) is 0.173. The summed E-state index contributed by atoms with van der Waals surface area (Å²) in [6, 6.07) is 7.34. The molecule has 0 saturated carbocycles. The Morgan fingerprint density at radius 2 is 1.29 bits per heavy atom. The van der Waals surface area contributed by atoms with Crippen molar-refractivity contribution in [3.63, 3.8) is 0 Å². The van der Waals surface area contributed by atoms with E-state index in [0.717, 1.165) is 6.42 Å². The number of aromatic hydroxyl groups is 2. The number of carboxylic acids is 1. The maximum Gasteiger partial charge on any atom is 0.326 e. The number of carbonyl (C=O) groups is 4. The predicted octanol–water partition coefficient (Wildman–Crippen LogP) is -0.834. The molecule has 4 atom stereocenters. The molecular weight excluding hydrogens is 496 g/mol. The van der Waals surface area contributed by atoms with Crippen molar-refractivity contribution in [3.8, 4) is 11.5 Å². The Bertz CT molecular complexity index is 1120. The molecule has 0 aliphatic carbocycles. The summed E-state index contributed by atoms with van der Waals surface area (Å²) in [5, 5.41) is 48.9. The molecule has 3 rings (SSSR count). The minimum atomic E-state index is -1.34. The third-order valence-electron chi connectivity index (χ3n) is 6.19. The van der Waals surface area contributed by atoms with Gasteiger partial charge in [-0.05, 0) is 54.8 Å². The second-order valence-electron chi connectivity index (χ2n) is 9.09. The molecule has 204 valence electrons. The number of nitrogens with one attached hydrogen (secondary N) is 4. The zero-order chi connectivity index (χ0) is 27.7. The lowest BCUT2D eigenvalue weighted by atomic mass is 10.0. The van der Waals surface area contributed by atoms with Gasteiger partial charge in [-0.15, -0.1) is 0 Å². The molecule has 1 heterocycles. The van der Waals surface area contributed by atoms with Gasteiger partial charge in [-0.25, -0.2) is 4.79 Å². The van der Waals surface area contributed by atoms with Gasteiger partial charge >= 0.3 is 5.97 Å². The number of phenols is 2. The molecule has 0 spiro atoms. The molecule has 0 aromatic heterocycles. The number of benzene rings is 2. The van der Waals surface area contributed by atoms with Crippen molar-refractivity contribution in [2.75, 3.05) is 13.2 Å². The van der Waals surface area contributed by atoms with Crippen molar-refractivity contribution < 1.29 is 39.6 Å². The summed E-state index contributed by atoms with van der Waals surface area (Å²) >= 11 is 0. The van der Waals surface area contributed by atoms with Crippen LogP contribution in [0, 0.1) is 0 Å². The number of hydrogen-bond acceptors (Lipinski definition) is 8. The van der Waals surface area contributed by atoms with Crippen molar-refractivity contribution in [1.82, 2.24) is 21.3 Å². The zero-order valence-electron chi connectivity index (χ0n) is 20.6. The molecule has 38 heavy (non-hydrogen) atoms. The lowest BCUT2D eigenvalue weighted by molar-refractivity contribution is -0.142. The van der Waals surface area contributed by atoms with Crippen LogP contribution in [0.4, 0.5) is 0 Å². The Balaban J connectivity index is 1.74. The van der Waals surface area contributed by atoms with Gasteiger partial charge in [-0.3, -0.25) is 14.4 Å². The summed E-state index contributed by atoms with van der Waals surface area (Å²) in [7, 11) is 0. The van der Waals surface area contributed by atoms with Crippen LogP contribution in [0.5, 0.6) is 11.5 Å². The molecule has 2 aromatic rings. The summed E-state index contributed by atoms with van der Waals surface area (Å²) in [5.74, 6) is -3.35. The minimum Gasteiger partial charge on any atom is -0.508 e. The molecular formula is C26H32N4O8. The van der Waals surface area contributed by atoms with Crippen LogP contribution in [0.25, 0.3) is 0 Å². The number of aliphatic hydroxyl groups excluding tert-OH is 1. The van der Waals surface area contributed by atoms with Crippen molar-refractivity contribution in [2.24, 2.45) is 0 Å². The monoisotopic (exact) mass is 528 g/mol. The Morgan fingerprint density at radius 1 is 0.789 bits per heavy atom. The van der Waals surface area contributed by atoms with Gasteiger partial charge in [0.15, 0.2) is 0 Å². The molecule has 8 N–H and O–H groups in total. The zero-order valence-corrected chi connectivity index (χ0v) is 20.6. The van der Waals surface area contributed by atoms with E-state index in [1.165, 1.54) is 36.4 Å². The highest BCUT2D eigenvalue weighted by molar-refractivity contribution is 5.94. The SMILES string of the molecule is O=C(O)C(Cc1ccc(O)cc1)NC(=O)C(Cc1ccc(O)cc1)NC(=O)C(CO)NC(=O)C1CCCN1. The molecule has 1 aliphatic rings. The molecule has 3 amide bonds. The molecule has 12 nitrogen and oxygen atoms in total. The molecule has 0 radical (unpaired) electrons. The Hall–Kier alpha value is -4.16. The molecule has 1 fully saturated rings. The largest absolute Gasteiger partial charge is 0.508 e. The highest BCUT2D eigenvalue weighted by Gasteiger charge is 2.31. The number of aliphatic hydroxyl groups is 1. The average Bonchev–Trinajstić information content (AvgIpc) is 3.44. The van der Waals surface area contributed by atoms with Gasteiger partial charge in [0.1, 0.15) is 29.6 Å². The van der Waals surface area contributed by atoms with E-state index in [9.17, 15) is 39.6 Å². The third kappa shape index (κ3) is 8.18. The van der Waals surface area contributed by atoms with E-state index in [1.807, 2.05) is 0 Å². The first-order valence-corrected chi connectivity index (χ1v) is 12.2. The number of hydrogen-bond donors (Lipinski definition) is 8. The lowest BCUT2D eigenvalue weighted by Crippen LogP contribution is -2.58. The summed E-state index contributed by atoms with van der Waals surface area (Å²) < 4.78 is 0. The Kier molecular flexibility index (Phi) is 10.0. The summed E-state index contributed by atoms with van der Waals surface area (Å²) in [4.78, 5) is 50.5. The van der Waals surface area contributed by atoms with Crippen molar-refractivity contribution in [3.05, 3.63) is 59.7 Å². The van der Waals surface area contributed by atoms with Crippen LogP contribution in [0.1, 0.15) is 24.0 Å². The standard InChI is InChI=1S/C26H32N4O8/c31-14-22(30-23(34)19-2-1-11-27-19)25(36)28-20(12-15-3-7-17(32)8-4-15)24(35)29-21(26(37)38)13-16-5-9-18(33)10-6-16/h3-10,19-22,27,31-33H,1-2,11-14H2,(H,28,36)(H,29,35)(H,30,34)(H,37,38). The number of carbonyl (C=O) groups excluding carboxylic acids is 3. The van der Waals surface area contributed by atoms with Gasteiger partial charge in [0.2, 0.25) is 17.7 Å². The molecule has 1 saturated heterocycles. The molecule has 4 unspecified atom stereocenters. The van der Waals surface area contributed by atoms with Gasteiger partial charge in [0.05, 0.1) is 12.6 Å². The summed E-state index contributed by atoms with van der Waals surface area (Å²) in [5.41, 5.74) is 1.12. The van der Waals surface area contributed by atoms with Crippen molar-refractivity contribution in [2.45, 2.75) is 49.9 Å². The first kappa shape index (κ1) is 28.4. The number of phenolic OH excluding ortho intramolecular Hbond substituents is 2. The molecule has 12 heteroatoms. The van der Waals surface area contributed by atoms with E-state index in [0.29, 0.717) is 24.1 Å². The minimum absolute atomic E-state index is 0.00204. The summed E-state index contributed by atoms with van der Waals surface area (Å²) in [6.07, 6.45) is 1.26. The van der Waals surface area contributed by atoms with Crippen LogP contribution in [0.3, 0.4) is 0 Å². The van der Waals surface area contributed by atoms with E-state index in [2.05, 4.69) is 21.3 Å². The maximum atomic E-state index is 13.2. The lowest BCUT2D eigenvalue weighted by Gasteiger charge is -2.24. The van der Waals surface area contributed by atoms with Gasteiger partial charge < -0.3 is 41.7 Å². The average molecular weight is 529 g/mol. The van der Waals surface area contributed by atoms with Gasteiger partial charge in [0.25, 0.3) is 0 Å². The highest BCUT2D eigenvalue weighted by atomic mass is 16.4. The normalized spacial score (nSPS) is 17.1. The fraction of sp³-hybridized carbons (Fsp3) is 0.385. The van der Waals surface area contributed by atoms with E-state index >= 15 is 0 Å². The predicted molar refractivity (Wildman–Crippen MR) is 135 cm³/mol. The molecule has 0 bridgehead atoms. The van der Waals surface area contributed by atoms with Crippen molar-refractivity contribution in [1.29, 1.82) is 0 Å². The number of aliphatic carboxylic acids is 1. The first-order chi connectivity index (χ1) is 18.2. The van der Waals surface area contributed by atoms with Gasteiger partial charge in [-0.1, -0.05) is 24.3 Å². The molecule has 1 aliphatic heterocycles. The third-order valence-corrected chi connectivity index (χ3v) is 6.19. The highest BCUT2D eigenvalue weighted by Crippen LogP contribution is 2.14. The van der Waals surface area contributed by atoms with E-state index in [4.69, 9.17) is 0 Å². The second kappa shape index (κ2) is 13.4. The topological polar surface area (TPSA) is 197 Å². The van der Waals surface area contributed by atoms with E-state index in [1.54, 1.807) is 12.1 Å². The number of rotatable bonds is 12. The van der Waals surface area contributed by atoms with Crippen LogP contribution in [-0.2, 0) is 32.0 Å².